The van der Waals surface area contributed by atoms with E-state index in [-0.39, 0.29) is 5.91 Å². The second kappa shape index (κ2) is 5.05. The van der Waals surface area contributed by atoms with Crippen LogP contribution in [0.2, 0.25) is 0 Å². The highest BCUT2D eigenvalue weighted by molar-refractivity contribution is 7.16. The van der Waals surface area contributed by atoms with E-state index < -0.39 is 0 Å². The summed E-state index contributed by atoms with van der Waals surface area (Å²) in [6, 6.07) is 3.89. The van der Waals surface area contributed by atoms with Gasteiger partial charge in [-0.05, 0) is 25.0 Å². The van der Waals surface area contributed by atoms with Gasteiger partial charge in [0.15, 0.2) is 0 Å². The van der Waals surface area contributed by atoms with Crippen molar-refractivity contribution in [1.82, 2.24) is 9.88 Å². The molecule has 3 N–H and O–H groups in total. The van der Waals surface area contributed by atoms with Crippen LogP contribution in [0.4, 0.5) is 11.4 Å². The lowest BCUT2D eigenvalue weighted by atomic mass is 10.2. The number of nitrogens with zero attached hydrogens (tertiary/aromatic N) is 2. The van der Waals surface area contributed by atoms with Gasteiger partial charge in [-0.1, -0.05) is 0 Å². The Morgan fingerprint density at radius 2 is 2.21 bits per heavy atom. The first-order valence-corrected chi connectivity index (χ1v) is 7.27. The number of thiazole rings is 1. The number of nitrogens with one attached hydrogen (secondary N) is 1. The number of carbonyl (C=O) groups excluding carboxylic acids is 1. The van der Waals surface area contributed by atoms with Crippen LogP contribution in [-0.2, 0) is 4.79 Å². The minimum atomic E-state index is 0.135. The third-order valence-electron chi connectivity index (χ3n) is 3.43. The van der Waals surface area contributed by atoms with Crippen molar-refractivity contribution >= 4 is 38.8 Å². The molecule has 1 amide bonds. The van der Waals surface area contributed by atoms with Crippen molar-refractivity contribution in [2.45, 2.75) is 12.8 Å². The van der Waals surface area contributed by atoms with Gasteiger partial charge in [-0.25, -0.2) is 4.98 Å². The highest BCUT2D eigenvalue weighted by Gasteiger charge is 2.17. The number of benzene rings is 1. The number of hydrogen-bond donors (Lipinski definition) is 2. The molecule has 0 unspecified atom stereocenters. The topological polar surface area (TPSA) is 71.2 Å². The third kappa shape index (κ3) is 2.35. The van der Waals surface area contributed by atoms with E-state index in [9.17, 15) is 4.79 Å². The molecule has 0 atom stereocenters. The van der Waals surface area contributed by atoms with E-state index in [2.05, 4.69) is 10.3 Å². The summed E-state index contributed by atoms with van der Waals surface area (Å²) in [5.41, 5.74) is 10.0. The Labute approximate surface area is 115 Å². The summed E-state index contributed by atoms with van der Waals surface area (Å²) in [5.74, 6) is 0.135. The Bertz CT molecular complexity index is 604. The first-order chi connectivity index (χ1) is 9.25. The predicted octanol–water partition coefficient (Wildman–Crippen LogP) is 1.91. The van der Waals surface area contributed by atoms with Crippen LogP contribution in [0.5, 0.6) is 0 Å². The van der Waals surface area contributed by atoms with E-state index in [1.807, 2.05) is 17.0 Å². The fraction of sp³-hybridized carbons (Fsp3) is 0.385. The highest BCUT2D eigenvalue weighted by atomic mass is 32.1. The standard InChI is InChI=1S/C13H16N4OS/c14-12-9(3-4-10-13(12)16-8-19-10)15-7-11(18)17-5-1-2-6-17/h3-4,8,15H,1-2,5-7,14H2. The van der Waals surface area contributed by atoms with Gasteiger partial charge in [0.05, 0.1) is 28.1 Å². The fourth-order valence-corrected chi connectivity index (χ4v) is 3.05. The smallest absolute Gasteiger partial charge is 0.241 e. The molecule has 2 aromatic rings. The van der Waals surface area contributed by atoms with E-state index in [1.165, 1.54) is 0 Å². The van der Waals surface area contributed by atoms with Crippen LogP contribution in [0, 0.1) is 0 Å². The second-order valence-electron chi connectivity index (χ2n) is 4.67. The van der Waals surface area contributed by atoms with E-state index in [4.69, 9.17) is 5.73 Å². The molecule has 1 aromatic heterocycles. The molecule has 6 heteroatoms. The summed E-state index contributed by atoms with van der Waals surface area (Å²) in [6.07, 6.45) is 2.22. The Hall–Kier alpha value is -1.82. The molecule has 1 saturated heterocycles. The Balaban J connectivity index is 1.71. The molecule has 19 heavy (non-hydrogen) atoms. The molecule has 0 bridgehead atoms. The van der Waals surface area contributed by atoms with E-state index in [0.717, 1.165) is 41.8 Å². The maximum atomic E-state index is 12.0. The SMILES string of the molecule is Nc1c(NCC(=O)N2CCCC2)ccc2scnc12. The number of rotatable bonds is 3. The molecule has 0 spiro atoms. The number of nitrogen functional groups attached to an aromatic ring is 1. The molecule has 0 radical (unpaired) electrons. The van der Waals surface area contributed by atoms with Crippen molar-refractivity contribution in [2.75, 3.05) is 30.7 Å². The highest BCUT2D eigenvalue weighted by Crippen LogP contribution is 2.29. The Morgan fingerprint density at radius 1 is 1.42 bits per heavy atom. The Morgan fingerprint density at radius 3 is 3.00 bits per heavy atom. The molecule has 0 saturated carbocycles. The van der Waals surface area contributed by atoms with Crippen molar-refractivity contribution < 1.29 is 4.79 Å². The molecule has 5 nitrogen and oxygen atoms in total. The maximum absolute atomic E-state index is 12.0. The van der Waals surface area contributed by atoms with Crippen molar-refractivity contribution in [2.24, 2.45) is 0 Å². The number of hydrogen-bond acceptors (Lipinski definition) is 5. The molecule has 1 aromatic carbocycles. The van der Waals surface area contributed by atoms with E-state index in [1.54, 1.807) is 16.8 Å². The van der Waals surface area contributed by atoms with Gasteiger partial charge < -0.3 is 16.0 Å². The first-order valence-electron chi connectivity index (χ1n) is 6.39. The fourth-order valence-electron chi connectivity index (χ4n) is 2.36. The number of likely N-dealkylation sites (tertiary alicyclic amines) is 1. The van der Waals surface area contributed by atoms with Gasteiger partial charge in [-0.2, -0.15) is 0 Å². The van der Waals surface area contributed by atoms with E-state index in [0.29, 0.717) is 12.2 Å². The quantitative estimate of drug-likeness (QED) is 0.840. The van der Waals surface area contributed by atoms with Crippen LogP contribution in [0.15, 0.2) is 17.6 Å². The first kappa shape index (κ1) is 12.2. The minimum Gasteiger partial charge on any atom is -0.395 e. The van der Waals surface area contributed by atoms with Crippen LogP contribution in [0.25, 0.3) is 10.2 Å². The largest absolute Gasteiger partial charge is 0.395 e. The van der Waals surface area contributed by atoms with Crippen molar-refractivity contribution in [3.63, 3.8) is 0 Å². The Kier molecular flexibility index (Phi) is 3.25. The molecule has 0 aliphatic carbocycles. The van der Waals surface area contributed by atoms with Crippen molar-refractivity contribution in [1.29, 1.82) is 0 Å². The zero-order valence-corrected chi connectivity index (χ0v) is 11.4. The molecule has 100 valence electrons. The molecule has 1 fully saturated rings. The average molecular weight is 276 g/mol. The molecule has 3 rings (SSSR count). The van der Waals surface area contributed by atoms with Gasteiger partial charge in [0, 0.05) is 13.1 Å². The van der Waals surface area contributed by atoms with Gasteiger partial charge in [-0.15, -0.1) is 11.3 Å². The van der Waals surface area contributed by atoms with Crippen LogP contribution < -0.4 is 11.1 Å². The van der Waals surface area contributed by atoms with Crippen molar-refractivity contribution in [3.05, 3.63) is 17.6 Å². The average Bonchev–Trinajstić information content (AvgIpc) is 3.09. The summed E-state index contributed by atoms with van der Waals surface area (Å²) in [4.78, 5) is 18.1. The van der Waals surface area contributed by atoms with Crippen LogP contribution >= 0.6 is 11.3 Å². The van der Waals surface area contributed by atoms with Crippen LogP contribution in [0.3, 0.4) is 0 Å². The summed E-state index contributed by atoms with van der Waals surface area (Å²) < 4.78 is 1.06. The summed E-state index contributed by atoms with van der Waals surface area (Å²) in [5, 5.41) is 3.12. The predicted molar refractivity (Wildman–Crippen MR) is 78.3 cm³/mol. The van der Waals surface area contributed by atoms with E-state index >= 15 is 0 Å². The minimum absolute atomic E-state index is 0.135. The molecule has 1 aliphatic heterocycles. The lowest BCUT2D eigenvalue weighted by molar-refractivity contribution is -0.128. The molecule has 1 aliphatic rings. The van der Waals surface area contributed by atoms with Gasteiger partial charge in [0.1, 0.15) is 5.52 Å². The molecule has 2 heterocycles. The summed E-state index contributed by atoms with van der Waals surface area (Å²) in [6.45, 7) is 2.04. The molecular weight excluding hydrogens is 260 g/mol. The number of aromatic nitrogens is 1. The van der Waals surface area contributed by atoms with Crippen LogP contribution in [0.1, 0.15) is 12.8 Å². The van der Waals surface area contributed by atoms with Gasteiger partial charge in [0.25, 0.3) is 0 Å². The lowest BCUT2D eigenvalue weighted by Gasteiger charge is -2.16. The number of fused-ring (bicyclic) bond motifs is 1. The normalized spacial score (nSPS) is 15.1. The molecular formula is C13H16N4OS. The summed E-state index contributed by atoms with van der Waals surface area (Å²) in [7, 11) is 0. The number of nitrogens with two attached hydrogens (primary N) is 1. The monoisotopic (exact) mass is 276 g/mol. The zero-order chi connectivity index (χ0) is 13.2. The zero-order valence-electron chi connectivity index (χ0n) is 10.6. The second-order valence-corrected chi connectivity index (χ2v) is 5.55. The van der Waals surface area contributed by atoms with Crippen molar-refractivity contribution in [3.8, 4) is 0 Å². The van der Waals surface area contributed by atoms with Gasteiger partial charge in [-0.3, -0.25) is 4.79 Å². The maximum Gasteiger partial charge on any atom is 0.241 e. The third-order valence-corrected chi connectivity index (χ3v) is 4.22. The number of amides is 1. The van der Waals surface area contributed by atoms with Gasteiger partial charge in [0.2, 0.25) is 5.91 Å². The number of carbonyl (C=O) groups is 1. The van der Waals surface area contributed by atoms with Gasteiger partial charge >= 0.3 is 0 Å². The van der Waals surface area contributed by atoms with Crippen LogP contribution in [-0.4, -0.2) is 35.4 Å². The summed E-state index contributed by atoms with van der Waals surface area (Å²) >= 11 is 1.56. The lowest BCUT2D eigenvalue weighted by Crippen LogP contribution is -2.33. The number of anilines is 2.